The summed E-state index contributed by atoms with van der Waals surface area (Å²) >= 11 is 0. The molecule has 1 rings (SSSR count). The monoisotopic (exact) mass is 335 g/mol. The van der Waals surface area contributed by atoms with Crippen LogP contribution in [0.4, 0.5) is 0 Å². The van der Waals surface area contributed by atoms with Crippen LogP contribution in [0.3, 0.4) is 0 Å². The van der Waals surface area contributed by atoms with E-state index in [2.05, 4.69) is 41.6 Å². The van der Waals surface area contributed by atoms with E-state index in [1.807, 2.05) is 26.0 Å². The van der Waals surface area contributed by atoms with E-state index < -0.39 is 0 Å². The number of hydrogen-bond donors (Lipinski definition) is 2. The second-order valence-electron chi connectivity index (χ2n) is 6.33. The molecule has 0 aromatic heterocycles. The van der Waals surface area contributed by atoms with Crippen LogP contribution in [0.5, 0.6) is 5.75 Å². The maximum Gasteiger partial charge on any atom is 0.191 e. The van der Waals surface area contributed by atoms with Crippen molar-refractivity contribution in [2.75, 3.05) is 33.4 Å². The van der Waals surface area contributed by atoms with Gasteiger partial charge in [-0.3, -0.25) is 4.99 Å². The molecule has 0 aliphatic heterocycles. The molecule has 0 heterocycles. The average Bonchev–Trinajstić information content (AvgIpc) is 2.58. The predicted molar refractivity (Wildman–Crippen MR) is 101 cm³/mol. The Kier molecular flexibility index (Phi) is 9.23. The van der Waals surface area contributed by atoms with Crippen LogP contribution in [0, 0.1) is 0 Å². The van der Waals surface area contributed by atoms with Gasteiger partial charge in [-0.15, -0.1) is 0 Å². The fourth-order valence-electron chi connectivity index (χ4n) is 2.01. The van der Waals surface area contributed by atoms with E-state index in [-0.39, 0.29) is 5.60 Å². The summed E-state index contributed by atoms with van der Waals surface area (Å²) in [6.07, 6.45) is 1.94. The van der Waals surface area contributed by atoms with Gasteiger partial charge in [0.15, 0.2) is 5.96 Å². The highest BCUT2D eigenvalue weighted by Crippen LogP contribution is 2.13. The lowest BCUT2D eigenvalue weighted by atomic mass is 10.1. The third-order valence-electron chi connectivity index (χ3n) is 3.59. The molecule has 0 saturated heterocycles. The van der Waals surface area contributed by atoms with Crippen LogP contribution in [0.15, 0.2) is 29.3 Å². The Morgan fingerprint density at radius 2 is 2.00 bits per heavy atom. The molecule has 24 heavy (non-hydrogen) atoms. The number of nitrogens with one attached hydrogen (secondary N) is 2. The van der Waals surface area contributed by atoms with Crippen molar-refractivity contribution in [2.45, 2.75) is 46.1 Å². The Hall–Kier alpha value is -1.75. The largest absolute Gasteiger partial charge is 0.494 e. The van der Waals surface area contributed by atoms with E-state index >= 15 is 0 Å². The minimum Gasteiger partial charge on any atom is -0.494 e. The SMILES string of the molecule is CCCOc1cccc(CCNC(=NCC(C)(C)OC)NCC)c1. The van der Waals surface area contributed by atoms with Gasteiger partial charge >= 0.3 is 0 Å². The Labute approximate surface area is 146 Å². The summed E-state index contributed by atoms with van der Waals surface area (Å²) in [4.78, 5) is 4.59. The standard InChI is InChI=1S/C19H33N3O2/c1-6-13-24-17-10-8-9-16(14-17)11-12-21-18(20-7-2)22-15-19(3,4)23-5/h8-10,14H,6-7,11-13,15H2,1-5H3,(H2,20,21,22). The van der Waals surface area contributed by atoms with Gasteiger partial charge in [-0.25, -0.2) is 0 Å². The molecule has 0 fully saturated rings. The highest BCUT2D eigenvalue weighted by molar-refractivity contribution is 5.79. The van der Waals surface area contributed by atoms with Gasteiger partial charge in [0.05, 0.1) is 18.8 Å². The first-order valence-corrected chi connectivity index (χ1v) is 8.79. The van der Waals surface area contributed by atoms with E-state index in [9.17, 15) is 0 Å². The maximum absolute atomic E-state index is 5.68. The number of rotatable bonds is 10. The fraction of sp³-hybridized carbons (Fsp3) is 0.632. The normalized spacial score (nSPS) is 12.1. The van der Waals surface area contributed by atoms with Gasteiger partial charge in [0.25, 0.3) is 0 Å². The molecular weight excluding hydrogens is 302 g/mol. The molecule has 0 spiro atoms. The minimum atomic E-state index is -0.257. The molecule has 1 aromatic carbocycles. The molecular formula is C19H33N3O2. The number of nitrogens with zero attached hydrogens (tertiary/aromatic N) is 1. The molecule has 0 unspecified atom stereocenters. The number of hydrogen-bond acceptors (Lipinski definition) is 3. The highest BCUT2D eigenvalue weighted by atomic mass is 16.5. The molecule has 0 amide bonds. The number of methoxy groups -OCH3 is 1. The average molecular weight is 335 g/mol. The molecule has 0 atom stereocenters. The number of aliphatic imine (C=N–C) groups is 1. The summed E-state index contributed by atoms with van der Waals surface area (Å²) < 4.78 is 11.1. The van der Waals surface area contributed by atoms with Crippen molar-refractivity contribution in [3.05, 3.63) is 29.8 Å². The Morgan fingerprint density at radius 3 is 2.67 bits per heavy atom. The molecule has 5 heteroatoms. The van der Waals surface area contributed by atoms with Crippen molar-refractivity contribution in [3.63, 3.8) is 0 Å². The van der Waals surface area contributed by atoms with Gasteiger partial charge in [-0.2, -0.15) is 0 Å². The summed E-state index contributed by atoms with van der Waals surface area (Å²) in [6, 6.07) is 8.28. The quantitative estimate of drug-likeness (QED) is 0.510. The summed E-state index contributed by atoms with van der Waals surface area (Å²) in [5.41, 5.74) is 0.997. The minimum absolute atomic E-state index is 0.257. The number of benzene rings is 1. The van der Waals surface area contributed by atoms with Gasteiger partial charge in [-0.1, -0.05) is 19.1 Å². The molecule has 0 saturated carbocycles. The first-order valence-electron chi connectivity index (χ1n) is 8.79. The molecule has 0 bridgehead atoms. The van der Waals surface area contributed by atoms with Gasteiger partial charge in [0.2, 0.25) is 0 Å². The number of guanidine groups is 1. The Balaban J connectivity index is 2.51. The third kappa shape index (κ3) is 8.20. The van der Waals surface area contributed by atoms with E-state index in [4.69, 9.17) is 9.47 Å². The molecule has 0 aliphatic rings. The lowest BCUT2D eigenvalue weighted by Gasteiger charge is -2.21. The van der Waals surface area contributed by atoms with Gasteiger partial charge in [-0.05, 0) is 51.3 Å². The van der Waals surface area contributed by atoms with Crippen LogP contribution in [-0.4, -0.2) is 44.9 Å². The summed E-state index contributed by atoms with van der Waals surface area (Å²) in [5, 5.41) is 6.63. The van der Waals surface area contributed by atoms with Crippen molar-refractivity contribution in [2.24, 2.45) is 4.99 Å². The zero-order valence-electron chi connectivity index (χ0n) is 15.8. The lowest BCUT2D eigenvalue weighted by molar-refractivity contribution is 0.0310. The molecule has 1 aromatic rings. The van der Waals surface area contributed by atoms with E-state index in [1.54, 1.807) is 7.11 Å². The van der Waals surface area contributed by atoms with E-state index in [1.165, 1.54) is 5.56 Å². The second-order valence-corrected chi connectivity index (χ2v) is 6.33. The Bertz CT molecular complexity index is 501. The first kappa shape index (κ1) is 20.3. The van der Waals surface area contributed by atoms with Gasteiger partial charge in [0.1, 0.15) is 5.75 Å². The van der Waals surface area contributed by atoms with Crippen molar-refractivity contribution in [1.29, 1.82) is 0 Å². The smallest absolute Gasteiger partial charge is 0.191 e. The topological polar surface area (TPSA) is 54.9 Å². The van der Waals surface area contributed by atoms with E-state index in [0.717, 1.165) is 44.2 Å². The third-order valence-corrected chi connectivity index (χ3v) is 3.59. The molecule has 0 aliphatic carbocycles. The summed E-state index contributed by atoms with van der Waals surface area (Å²) in [6.45, 7) is 11.3. The molecule has 2 N–H and O–H groups in total. The number of ether oxygens (including phenoxy) is 2. The van der Waals surface area contributed by atoms with Gasteiger partial charge < -0.3 is 20.1 Å². The molecule has 136 valence electrons. The van der Waals surface area contributed by atoms with Crippen molar-refractivity contribution < 1.29 is 9.47 Å². The van der Waals surface area contributed by atoms with Crippen molar-refractivity contribution in [1.82, 2.24) is 10.6 Å². The zero-order valence-corrected chi connectivity index (χ0v) is 15.8. The van der Waals surface area contributed by atoms with Crippen LogP contribution in [-0.2, 0) is 11.2 Å². The summed E-state index contributed by atoms with van der Waals surface area (Å²) in [5.74, 6) is 1.76. The second kappa shape index (κ2) is 10.9. The zero-order chi connectivity index (χ0) is 17.8. The fourth-order valence-corrected chi connectivity index (χ4v) is 2.01. The molecule has 0 radical (unpaired) electrons. The Morgan fingerprint density at radius 1 is 1.21 bits per heavy atom. The summed E-state index contributed by atoms with van der Waals surface area (Å²) in [7, 11) is 1.71. The van der Waals surface area contributed by atoms with Crippen molar-refractivity contribution >= 4 is 5.96 Å². The van der Waals surface area contributed by atoms with Crippen LogP contribution in [0.1, 0.15) is 39.7 Å². The van der Waals surface area contributed by atoms with Crippen LogP contribution >= 0.6 is 0 Å². The van der Waals surface area contributed by atoms with Crippen LogP contribution in [0.25, 0.3) is 0 Å². The van der Waals surface area contributed by atoms with Crippen LogP contribution in [0.2, 0.25) is 0 Å². The predicted octanol–water partition coefficient (Wildman–Crippen LogP) is 3.00. The van der Waals surface area contributed by atoms with Crippen molar-refractivity contribution in [3.8, 4) is 5.75 Å². The van der Waals surface area contributed by atoms with Crippen LogP contribution < -0.4 is 15.4 Å². The van der Waals surface area contributed by atoms with E-state index in [0.29, 0.717) is 6.54 Å². The maximum atomic E-state index is 5.68. The highest BCUT2D eigenvalue weighted by Gasteiger charge is 2.15. The van der Waals surface area contributed by atoms with Gasteiger partial charge in [0, 0.05) is 20.2 Å². The molecule has 5 nitrogen and oxygen atoms in total. The lowest BCUT2D eigenvalue weighted by Crippen LogP contribution is -2.40. The first-order chi connectivity index (χ1) is 11.5.